The molecule has 0 radical (unpaired) electrons. The van der Waals surface area contributed by atoms with E-state index in [-0.39, 0.29) is 23.0 Å². The fourth-order valence-corrected chi connectivity index (χ4v) is 2.21. The molecule has 1 aliphatic rings. The first-order valence-corrected chi connectivity index (χ1v) is 5.96. The Morgan fingerprint density at radius 1 is 1.35 bits per heavy atom. The Bertz CT molecular complexity index is 446. The highest BCUT2D eigenvalue weighted by molar-refractivity contribution is 5.89. The van der Waals surface area contributed by atoms with Crippen molar-refractivity contribution in [2.75, 3.05) is 0 Å². The summed E-state index contributed by atoms with van der Waals surface area (Å²) in [5, 5.41) is 12.6. The number of carbonyl (C=O) groups excluding carboxylic acids is 1. The molecule has 1 aliphatic heterocycles. The number of Topliss-reactive ketones (excluding diaryl/α,β-unsaturated/α-hetero) is 1. The summed E-state index contributed by atoms with van der Waals surface area (Å²) in [5.41, 5.74) is 1.93. The monoisotopic (exact) mass is 233 g/mol. The smallest absolute Gasteiger partial charge is 0.155 e. The predicted molar refractivity (Wildman–Crippen MR) is 66.9 cm³/mol. The molecular formula is C14H19NO2. The molecular weight excluding hydrogens is 214 g/mol. The molecule has 1 aromatic carbocycles. The summed E-state index contributed by atoms with van der Waals surface area (Å²) >= 11 is 0. The molecule has 3 nitrogen and oxygen atoms in total. The number of hydrogen-bond acceptors (Lipinski definition) is 3. The summed E-state index contributed by atoms with van der Waals surface area (Å²) in [6.07, 6.45) is 0.714. The Hall–Kier alpha value is -1.35. The highest BCUT2D eigenvalue weighted by Gasteiger charge is 2.31. The molecule has 0 unspecified atom stereocenters. The lowest BCUT2D eigenvalue weighted by molar-refractivity contribution is -0.128. The zero-order valence-corrected chi connectivity index (χ0v) is 10.6. The van der Waals surface area contributed by atoms with Crippen molar-refractivity contribution < 1.29 is 9.90 Å². The van der Waals surface area contributed by atoms with Crippen molar-refractivity contribution in [2.24, 2.45) is 5.41 Å². The quantitative estimate of drug-likeness (QED) is 0.780. The van der Waals surface area contributed by atoms with Gasteiger partial charge in [0.25, 0.3) is 0 Å². The molecule has 1 atom stereocenters. The van der Waals surface area contributed by atoms with E-state index in [4.69, 9.17) is 0 Å². The molecule has 0 bridgehead atoms. The summed E-state index contributed by atoms with van der Waals surface area (Å²) in [6.45, 7) is 6.49. The average molecular weight is 233 g/mol. The van der Waals surface area contributed by atoms with Gasteiger partial charge in [0.2, 0.25) is 0 Å². The molecule has 0 aromatic heterocycles. The van der Waals surface area contributed by atoms with Crippen LogP contribution in [0.2, 0.25) is 0 Å². The van der Waals surface area contributed by atoms with Crippen molar-refractivity contribution in [3.8, 4) is 5.75 Å². The van der Waals surface area contributed by atoms with E-state index in [1.165, 1.54) is 0 Å². The lowest BCUT2D eigenvalue weighted by Gasteiger charge is -2.30. The van der Waals surface area contributed by atoms with Crippen LogP contribution >= 0.6 is 0 Å². The Morgan fingerprint density at radius 3 is 2.71 bits per heavy atom. The normalized spacial score (nSPS) is 19.8. The van der Waals surface area contributed by atoms with E-state index in [1.54, 1.807) is 12.1 Å². The summed E-state index contributed by atoms with van der Waals surface area (Å²) in [7, 11) is 0. The lowest BCUT2D eigenvalue weighted by Crippen LogP contribution is -2.46. The molecule has 2 N–H and O–H groups in total. The van der Waals surface area contributed by atoms with Gasteiger partial charge in [-0.3, -0.25) is 4.79 Å². The maximum atomic E-state index is 12.2. The first-order valence-electron chi connectivity index (χ1n) is 5.96. The van der Waals surface area contributed by atoms with Crippen LogP contribution in [0.5, 0.6) is 5.75 Å². The lowest BCUT2D eigenvalue weighted by atomic mass is 9.82. The first kappa shape index (κ1) is 12.1. The standard InChI is InChI=1S/C14H19NO2/c1-14(2,3)13(17)12-7-9-4-5-11(16)6-10(9)8-15-12/h4-6,12,15-16H,7-8H2,1-3H3/t12-/m1/s1. The van der Waals surface area contributed by atoms with Gasteiger partial charge in [-0.15, -0.1) is 0 Å². The van der Waals surface area contributed by atoms with E-state index in [0.29, 0.717) is 13.0 Å². The van der Waals surface area contributed by atoms with Crippen LogP contribution in [0.25, 0.3) is 0 Å². The third kappa shape index (κ3) is 2.50. The molecule has 0 spiro atoms. The van der Waals surface area contributed by atoms with Gasteiger partial charge in [-0.05, 0) is 29.7 Å². The number of nitrogens with one attached hydrogen (secondary N) is 1. The number of fused-ring (bicyclic) bond motifs is 1. The summed E-state index contributed by atoms with van der Waals surface area (Å²) in [6, 6.07) is 5.25. The number of benzene rings is 1. The molecule has 1 aromatic rings. The van der Waals surface area contributed by atoms with E-state index in [1.807, 2.05) is 26.8 Å². The summed E-state index contributed by atoms with van der Waals surface area (Å²) < 4.78 is 0. The predicted octanol–water partition coefficient (Wildman–Crippen LogP) is 2.02. The van der Waals surface area contributed by atoms with Crippen molar-refractivity contribution in [1.29, 1.82) is 0 Å². The van der Waals surface area contributed by atoms with Crippen LogP contribution in [0.3, 0.4) is 0 Å². The Balaban J connectivity index is 2.19. The van der Waals surface area contributed by atoms with Crippen molar-refractivity contribution in [1.82, 2.24) is 5.32 Å². The van der Waals surface area contributed by atoms with Gasteiger partial charge >= 0.3 is 0 Å². The van der Waals surface area contributed by atoms with Crippen molar-refractivity contribution >= 4 is 5.78 Å². The average Bonchev–Trinajstić information content (AvgIpc) is 2.26. The third-order valence-electron chi connectivity index (χ3n) is 3.21. The number of aromatic hydroxyl groups is 1. The van der Waals surface area contributed by atoms with Gasteiger partial charge in [0.05, 0.1) is 6.04 Å². The van der Waals surface area contributed by atoms with Gasteiger partial charge in [-0.2, -0.15) is 0 Å². The minimum absolute atomic E-state index is 0.105. The zero-order chi connectivity index (χ0) is 12.6. The van der Waals surface area contributed by atoms with Crippen LogP contribution in [0.15, 0.2) is 18.2 Å². The number of phenolic OH excluding ortho intramolecular Hbond substituents is 1. The van der Waals surface area contributed by atoms with Gasteiger partial charge in [0.1, 0.15) is 5.75 Å². The molecule has 0 aliphatic carbocycles. The zero-order valence-electron chi connectivity index (χ0n) is 10.6. The van der Waals surface area contributed by atoms with E-state index in [0.717, 1.165) is 11.1 Å². The van der Waals surface area contributed by atoms with Crippen LogP contribution in [0, 0.1) is 5.41 Å². The first-order chi connectivity index (χ1) is 7.88. The van der Waals surface area contributed by atoms with Crippen LogP contribution in [0.1, 0.15) is 31.9 Å². The number of rotatable bonds is 1. The topological polar surface area (TPSA) is 49.3 Å². The summed E-state index contributed by atoms with van der Waals surface area (Å²) in [4.78, 5) is 12.2. The van der Waals surface area contributed by atoms with Crippen LogP contribution in [-0.2, 0) is 17.8 Å². The highest BCUT2D eigenvalue weighted by atomic mass is 16.3. The molecule has 0 amide bonds. The Morgan fingerprint density at radius 2 is 2.06 bits per heavy atom. The van der Waals surface area contributed by atoms with Gasteiger partial charge in [-0.25, -0.2) is 0 Å². The number of phenols is 1. The molecule has 92 valence electrons. The van der Waals surface area contributed by atoms with Crippen LogP contribution < -0.4 is 5.32 Å². The fourth-order valence-electron chi connectivity index (χ4n) is 2.21. The van der Waals surface area contributed by atoms with Gasteiger partial charge in [0, 0.05) is 12.0 Å². The second kappa shape index (κ2) is 4.15. The van der Waals surface area contributed by atoms with Crippen LogP contribution in [-0.4, -0.2) is 16.9 Å². The van der Waals surface area contributed by atoms with Gasteiger partial charge in [-0.1, -0.05) is 26.8 Å². The van der Waals surface area contributed by atoms with E-state index < -0.39 is 0 Å². The van der Waals surface area contributed by atoms with Gasteiger partial charge < -0.3 is 10.4 Å². The molecule has 17 heavy (non-hydrogen) atoms. The highest BCUT2D eigenvalue weighted by Crippen LogP contribution is 2.25. The second-order valence-electron chi connectivity index (χ2n) is 5.70. The maximum absolute atomic E-state index is 12.2. The maximum Gasteiger partial charge on any atom is 0.155 e. The van der Waals surface area contributed by atoms with Crippen LogP contribution in [0.4, 0.5) is 0 Å². The van der Waals surface area contributed by atoms with Crippen molar-refractivity contribution in [3.05, 3.63) is 29.3 Å². The largest absolute Gasteiger partial charge is 0.508 e. The molecule has 1 heterocycles. The number of hydrogen-bond donors (Lipinski definition) is 2. The Kier molecular flexibility index (Phi) is 2.96. The molecule has 0 fully saturated rings. The van der Waals surface area contributed by atoms with Crippen molar-refractivity contribution in [2.45, 2.75) is 39.8 Å². The molecule has 2 rings (SSSR count). The minimum atomic E-state index is -0.313. The van der Waals surface area contributed by atoms with E-state index in [9.17, 15) is 9.90 Å². The third-order valence-corrected chi connectivity index (χ3v) is 3.21. The number of carbonyl (C=O) groups is 1. The Labute approximate surface area is 102 Å². The molecule has 0 saturated heterocycles. The molecule has 3 heteroatoms. The fraction of sp³-hybridized carbons (Fsp3) is 0.500. The van der Waals surface area contributed by atoms with E-state index >= 15 is 0 Å². The molecule has 0 saturated carbocycles. The minimum Gasteiger partial charge on any atom is -0.508 e. The SMILES string of the molecule is CC(C)(C)C(=O)[C@H]1Cc2ccc(O)cc2CN1. The number of ketones is 1. The second-order valence-corrected chi connectivity index (χ2v) is 5.70. The van der Waals surface area contributed by atoms with E-state index in [2.05, 4.69) is 5.32 Å². The summed E-state index contributed by atoms with van der Waals surface area (Å²) in [5.74, 6) is 0.530. The van der Waals surface area contributed by atoms with Gasteiger partial charge in [0.15, 0.2) is 5.78 Å². The van der Waals surface area contributed by atoms with Crippen molar-refractivity contribution in [3.63, 3.8) is 0 Å².